The van der Waals surface area contributed by atoms with Crippen LogP contribution in [0.15, 0.2) is 47.5 Å². The third-order valence-electron chi connectivity index (χ3n) is 4.62. The molecule has 162 valence electrons. The number of amides is 1. The highest BCUT2D eigenvalue weighted by molar-refractivity contribution is 7.99. The van der Waals surface area contributed by atoms with Crippen molar-refractivity contribution in [3.63, 3.8) is 0 Å². The number of rotatable bonds is 8. The molecule has 0 bridgehead atoms. The number of nitrogens with zero attached hydrogens (tertiary/aromatic N) is 2. The molecule has 0 spiro atoms. The van der Waals surface area contributed by atoms with Gasteiger partial charge in [-0.1, -0.05) is 23.9 Å². The average molecular weight is 440 g/mol. The highest BCUT2D eigenvalue weighted by Gasteiger charge is 2.15. The van der Waals surface area contributed by atoms with Crippen LogP contribution in [0.2, 0.25) is 0 Å². The summed E-state index contributed by atoms with van der Waals surface area (Å²) < 4.78 is 16.1. The number of aromatic nitrogens is 2. The molecule has 0 saturated carbocycles. The number of hydrogen-bond donors (Lipinski definition) is 1. The van der Waals surface area contributed by atoms with Crippen molar-refractivity contribution in [2.45, 2.75) is 18.9 Å². The van der Waals surface area contributed by atoms with Crippen LogP contribution in [0.5, 0.6) is 17.2 Å². The zero-order valence-corrected chi connectivity index (χ0v) is 19.0. The second-order valence-corrected chi connectivity index (χ2v) is 7.82. The molecule has 0 aliphatic rings. The fourth-order valence-electron chi connectivity index (χ4n) is 2.98. The average Bonchev–Trinajstić information content (AvgIpc) is 2.79. The van der Waals surface area contributed by atoms with Gasteiger partial charge in [-0.05, 0) is 55.3 Å². The van der Waals surface area contributed by atoms with Crippen molar-refractivity contribution in [1.82, 2.24) is 10.2 Å². The Kier molecular flexibility index (Phi) is 7.36. The first-order chi connectivity index (χ1) is 14.9. The molecule has 0 aliphatic carbocycles. The van der Waals surface area contributed by atoms with Crippen molar-refractivity contribution < 1.29 is 19.0 Å². The SMILES string of the molecule is COc1cc(-c2ccc(SCC(=O)Nc3cc(C)ccc3C)nn2)cc(OC)c1OC. The lowest BCUT2D eigenvalue weighted by atomic mass is 10.1. The van der Waals surface area contributed by atoms with Gasteiger partial charge < -0.3 is 19.5 Å². The Morgan fingerprint density at radius 3 is 2.23 bits per heavy atom. The molecular weight excluding hydrogens is 414 g/mol. The molecule has 1 amide bonds. The highest BCUT2D eigenvalue weighted by Crippen LogP contribution is 2.40. The third-order valence-corrected chi connectivity index (χ3v) is 5.54. The Balaban J connectivity index is 1.68. The monoisotopic (exact) mass is 439 g/mol. The highest BCUT2D eigenvalue weighted by atomic mass is 32.2. The number of benzene rings is 2. The molecule has 0 unspecified atom stereocenters. The van der Waals surface area contributed by atoms with Crippen molar-refractivity contribution >= 4 is 23.4 Å². The first-order valence-corrected chi connectivity index (χ1v) is 10.6. The molecule has 0 radical (unpaired) electrons. The minimum Gasteiger partial charge on any atom is -0.493 e. The number of methoxy groups -OCH3 is 3. The summed E-state index contributed by atoms with van der Waals surface area (Å²) in [5, 5.41) is 12.1. The molecule has 31 heavy (non-hydrogen) atoms. The van der Waals surface area contributed by atoms with Gasteiger partial charge in [0.2, 0.25) is 11.7 Å². The summed E-state index contributed by atoms with van der Waals surface area (Å²) in [4.78, 5) is 12.3. The van der Waals surface area contributed by atoms with E-state index in [-0.39, 0.29) is 11.7 Å². The van der Waals surface area contributed by atoms with Crippen LogP contribution in [0.3, 0.4) is 0 Å². The molecule has 0 atom stereocenters. The number of ether oxygens (including phenoxy) is 3. The Morgan fingerprint density at radius 2 is 1.65 bits per heavy atom. The number of carbonyl (C=O) groups excluding carboxylic acids is 1. The molecule has 0 aliphatic heterocycles. The number of hydrogen-bond acceptors (Lipinski definition) is 7. The van der Waals surface area contributed by atoms with Crippen molar-refractivity contribution in [3.8, 4) is 28.5 Å². The van der Waals surface area contributed by atoms with Crippen molar-refractivity contribution in [2.75, 3.05) is 32.4 Å². The zero-order chi connectivity index (χ0) is 22.4. The normalized spacial score (nSPS) is 10.5. The summed E-state index contributed by atoms with van der Waals surface area (Å²) in [6, 6.07) is 13.3. The molecule has 1 aromatic heterocycles. The number of thioether (sulfide) groups is 1. The summed E-state index contributed by atoms with van der Waals surface area (Å²) in [6.45, 7) is 3.96. The van der Waals surface area contributed by atoms with E-state index in [1.807, 2.05) is 56.3 Å². The van der Waals surface area contributed by atoms with Crippen LogP contribution in [-0.4, -0.2) is 43.2 Å². The number of aryl methyl sites for hydroxylation is 2. The van der Waals surface area contributed by atoms with E-state index in [2.05, 4.69) is 15.5 Å². The van der Waals surface area contributed by atoms with E-state index < -0.39 is 0 Å². The fourth-order valence-corrected chi connectivity index (χ4v) is 3.59. The largest absolute Gasteiger partial charge is 0.493 e. The predicted molar refractivity (Wildman–Crippen MR) is 122 cm³/mol. The van der Waals surface area contributed by atoms with Gasteiger partial charge in [0.1, 0.15) is 5.03 Å². The summed E-state index contributed by atoms with van der Waals surface area (Å²) in [7, 11) is 4.69. The van der Waals surface area contributed by atoms with Gasteiger partial charge in [0.25, 0.3) is 0 Å². The zero-order valence-electron chi connectivity index (χ0n) is 18.2. The maximum Gasteiger partial charge on any atom is 0.234 e. The topological polar surface area (TPSA) is 82.6 Å². The Morgan fingerprint density at radius 1 is 0.935 bits per heavy atom. The minimum absolute atomic E-state index is 0.0887. The molecule has 1 heterocycles. The Bertz CT molecular complexity index is 1050. The van der Waals surface area contributed by atoms with Gasteiger partial charge in [0.15, 0.2) is 11.5 Å². The van der Waals surface area contributed by atoms with Crippen LogP contribution in [0, 0.1) is 13.8 Å². The van der Waals surface area contributed by atoms with Gasteiger partial charge in [-0.2, -0.15) is 0 Å². The molecule has 3 aromatic rings. The van der Waals surface area contributed by atoms with Crippen molar-refractivity contribution in [3.05, 3.63) is 53.6 Å². The van der Waals surface area contributed by atoms with Gasteiger partial charge in [0, 0.05) is 11.3 Å². The minimum atomic E-state index is -0.0887. The number of carbonyl (C=O) groups is 1. The molecular formula is C23H25N3O4S. The van der Waals surface area contributed by atoms with E-state index >= 15 is 0 Å². The quantitative estimate of drug-likeness (QED) is 0.517. The van der Waals surface area contributed by atoms with Gasteiger partial charge in [0.05, 0.1) is 32.8 Å². The molecule has 8 heteroatoms. The first-order valence-electron chi connectivity index (χ1n) is 9.59. The molecule has 1 N–H and O–H groups in total. The molecule has 0 fully saturated rings. The summed E-state index contributed by atoms with van der Waals surface area (Å²) in [6.07, 6.45) is 0. The van der Waals surface area contributed by atoms with Crippen LogP contribution in [-0.2, 0) is 4.79 Å². The Labute approximate surface area is 186 Å². The standard InChI is InChI=1S/C23H25N3O4S/c1-14-6-7-15(2)18(10-14)24-21(27)13-31-22-9-8-17(25-26-22)16-11-19(28-3)23(30-5)20(12-16)29-4/h6-12H,13H2,1-5H3,(H,24,27). The maximum absolute atomic E-state index is 12.3. The van der Waals surface area contributed by atoms with E-state index in [1.54, 1.807) is 21.3 Å². The van der Waals surface area contributed by atoms with Crippen LogP contribution in [0.1, 0.15) is 11.1 Å². The lowest BCUT2D eigenvalue weighted by Gasteiger charge is -2.13. The number of anilines is 1. The van der Waals surface area contributed by atoms with Crippen LogP contribution in [0.4, 0.5) is 5.69 Å². The first kappa shape index (κ1) is 22.4. The van der Waals surface area contributed by atoms with Crippen molar-refractivity contribution in [2.24, 2.45) is 0 Å². The number of nitrogens with one attached hydrogen (secondary N) is 1. The molecule has 7 nitrogen and oxygen atoms in total. The third kappa shape index (κ3) is 5.46. The predicted octanol–water partition coefficient (Wildman–Crippen LogP) is 4.52. The molecule has 3 rings (SSSR count). The van der Waals surface area contributed by atoms with Crippen molar-refractivity contribution in [1.29, 1.82) is 0 Å². The van der Waals surface area contributed by atoms with Gasteiger partial charge >= 0.3 is 0 Å². The second kappa shape index (κ2) is 10.2. The summed E-state index contributed by atoms with van der Waals surface area (Å²) in [5.74, 6) is 1.75. The Hall–Kier alpha value is -3.26. The molecule has 2 aromatic carbocycles. The lowest BCUT2D eigenvalue weighted by Crippen LogP contribution is -2.15. The van der Waals surface area contributed by atoms with Crippen LogP contribution in [0.25, 0.3) is 11.3 Å². The fraction of sp³-hybridized carbons (Fsp3) is 0.261. The van der Waals surface area contributed by atoms with Gasteiger partial charge in [-0.25, -0.2) is 0 Å². The smallest absolute Gasteiger partial charge is 0.234 e. The molecule has 0 saturated heterocycles. The van der Waals surface area contributed by atoms with E-state index in [9.17, 15) is 4.79 Å². The van der Waals surface area contributed by atoms with E-state index in [0.29, 0.717) is 28.0 Å². The van der Waals surface area contributed by atoms with Gasteiger partial charge in [-0.3, -0.25) is 4.79 Å². The van der Waals surface area contributed by atoms with Gasteiger partial charge in [-0.15, -0.1) is 10.2 Å². The van der Waals surface area contributed by atoms with Crippen LogP contribution < -0.4 is 19.5 Å². The van der Waals surface area contributed by atoms with E-state index in [4.69, 9.17) is 14.2 Å². The lowest BCUT2D eigenvalue weighted by molar-refractivity contribution is -0.113. The second-order valence-electron chi connectivity index (χ2n) is 6.83. The van der Waals surface area contributed by atoms with E-state index in [0.717, 1.165) is 22.4 Å². The maximum atomic E-state index is 12.3. The summed E-state index contributed by atoms with van der Waals surface area (Å²) >= 11 is 1.33. The summed E-state index contributed by atoms with van der Waals surface area (Å²) in [5.41, 5.74) is 4.39. The van der Waals surface area contributed by atoms with Crippen LogP contribution >= 0.6 is 11.8 Å². The van der Waals surface area contributed by atoms with E-state index in [1.165, 1.54) is 11.8 Å².